The molecule has 0 radical (unpaired) electrons. The minimum atomic E-state index is -0.537. The monoisotopic (exact) mass is 310 g/mol. The van der Waals surface area contributed by atoms with Gasteiger partial charge in [-0.2, -0.15) is 0 Å². The molecule has 2 aliphatic carbocycles. The molecule has 2 fully saturated rings. The van der Waals surface area contributed by atoms with E-state index < -0.39 is 12.1 Å². The molecule has 22 heavy (non-hydrogen) atoms. The normalized spacial score (nSPS) is 27.9. The molecular formula is C17H30N2O3. The van der Waals surface area contributed by atoms with Gasteiger partial charge in [-0.1, -0.05) is 32.1 Å². The summed E-state index contributed by atoms with van der Waals surface area (Å²) in [4.78, 5) is 24.2. The molecule has 5 heteroatoms. The first-order chi connectivity index (χ1) is 10.6. The number of aliphatic hydroxyl groups excluding tert-OH is 1. The second-order valence-electron chi connectivity index (χ2n) is 6.96. The third kappa shape index (κ3) is 5.27. The maximum absolute atomic E-state index is 12.1. The Kier molecular flexibility index (Phi) is 6.68. The Hall–Kier alpha value is -1.10. The minimum absolute atomic E-state index is 0.0289. The van der Waals surface area contributed by atoms with Crippen LogP contribution in [0.15, 0.2) is 0 Å². The van der Waals surface area contributed by atoms with E-state index in [4.69, 9.17) is 0 Å². The molecule has 2 rings (SSSR count). The molecule has 0 bridgehead atoms. The van der Waals surface area contributed by atoms with Gasteiger partial charge in [-0.3, -0.25) is 9.59 Å². The fraction of sp³-hybridized carbons (Fsp3) is 0.882. The molecule has 0 aliphatic heterocycles. The van der Waals surface area contributed by atoms with Crippen molar-refractivity contribution >= 4 is 11.8 Å². The van der Waals surface area contributed by atoms with Crippen molar-refractivity contribution in [2.24, 2.45) is 5.92 Å². The maximum Gasteiger partial charge on any atom is 0.242 e. The fourth-order valence-electron chi connectivity index (χ4n) is 3.61. The van der Waals surface area contributed by atoms with E-state index in [1.165, 1.54) is 19.3 Å². The summed E-state index contributed by atoms with van der Waals surface area (Å²) in [5.74, 6) is 0.255. The zero-order chi connectivity index (χ0) is 15.9. The topological polar surface area (TPSA) is 78.4 Å². The standard InChI is InChI=1S/C17H30N2O3/c1-12(17(22)19-14-9-5-6-10-15(14)20)18-16(21)11-13-7-3-2-4-8-13/h12-15,20H,2-11H2,1H3,(H,18,21)(H,19,22). The fourth-order valence-corrected chi connectivity index (χ4v) is 3.61. The number of hydrogen-bond acceptors (Lipinski definition) is 3. The van der Waals surface area contributed by atoms with Crippen LogP contribution in [0, 0.1) is 5.92 Å². The van der Waals surface area contributed by atoms with Crippen molar-refractivity contribution in [1.29, 1.82) is 0 Å². The van der Waals surface area contributed by atoms with E-state index in [9.17, 15) is 14.7 Å². The summed E-state index contributed by atoms with van der Waals surface area (Å²) in [5, 5.41) is 15.6. The van der Waals surface area contributed by atoms with Gasteiger partial charge in [0.2, 0.25) is 11.8 Å². The quantitative estimate of drug-likeness (QED) is 0.725. The SMILES string of the molecule is CC(NC(=O)CC1CCCCC1)C(=O)NC1CCCCC1O. The Morgan fingerprint density at radius 2 is 1.68 bits per heavy atom. The molecule has 3 N–H and O–H groups in total. The lowest BCUT2D eigenvalue weighted by Crippen LogP contribution is -2.52. The predicted molar refractivity (Wildman–Crippen MR) is 85.2 cm³/mol. The van der Waals surface area contributed by atoms with Crippen LogP contribution in [0.4, 0.5) is 0 Å². The highest BCUT2D eigenvalue weighted by atomic mass is 16.3. The van der Waals surface area contributed by atoms with Gasteiger partial charge in [0.05, 0.1) is 12.1 Å². The highest BCUT2D eigenvalue weighted by molar-refractivity contribution is 5.87. The lowest BCUT2D eigenvalue weighted by Gasteiger charge is -2.29. The summed E-state index contributed by atoms with van der Waals surface area (Å²) in [7, 11) is 0. The largest absolute Gasteiger partial charge is 0.391 e. The number of carbonyl (C=O) groups excluding carboxylic acids is 2. The van der Waals surface area contributed by atoms with Gasteiger partial charge in [-0.15, -0.1) is 0 Å². The summed E-state index contributed by atoms with van der Waals surface area (Å²) in [6, 6.07) is -0.704. The van der Waals surface area contributed by atoms with Crippen LogP contribution in [0.1, 0.15) is 71.1 Å². The van der Waals surface area contributed by atoms with Crippen molar-refractivity contribution in [3.63, 3.8) is 0 Å². The maximum atomic E-state index is 12.1. The predicted octanol–water partition coefficient (Wildman–Crippen LogP) is 1.88. The number of rotatable bonds is 5. The lowest BCUT2D eigenvalue weighted by molar-refractivity contribution is -0.130. The van der Waals surface area contributed by atoms with Crippen molar-refractivity contribution in [3.8, 4) is 0 Å². The third-order valence-corrected chi connectivity index (χ3v) is 5.03. The van der Waals surface area contributed by atoms with E-state index in [1.807, 2.05) is 0 Å². The second kappa shape index (κ2) is 8.51. The van der Waals surface area contributed by atoms with Gasteiger partial charge in [0.15, 0.2) is 0 Å². The molecule has 2 aliphatic rings. The van der Waals surface area contributed by atoms with Gasteiger partial charge >= 0.3 is 0 Å². The molecule has 0 aromatic carbocycles. The van der Waals surface area contributed by atoms with Crippen LogP contribution >= 0.6 is 0 Å². The van der Waals surface area contributed by atoms with Crippen molar-refractivity contribution in [1.82, 2.24) is 10.6 Å². The van der Waals surface area contributed by atoms with Crippen LogP contribution in [0.3, 0.4) is 0 Å². The Labute approximate surface area is 133 Å². The first-order valence-electron chi connectivity index (χ1n) is 8.84. The molecule has 3 atom stereocenters. The molecule has 5 nitrogen and oxygen atoms in total. The average molecular weight is 310 g/mol. The molecule has 0 saturated heterocycles. The van der Waals surface area contributed by atoms with Crippen LogP contribution < -0.4 is 10.6 Å². The van der Waals surface area contributed by atoms with E-state index in [-0.39, 0.29) is 17.9 Å². The molecule has 0 heterocycles. The van der Waals surface area contributed by atoms with Crippen LogP contribution in [0.2, 0.25) is 0 Å². The highest BCUT2D eigenvalue weighted by Gasteiger charge is 2.27. The smallest absolute Gasteiger partial charge is 0.242 e. The lowest BCUT2D eigenvalue weighted by atomic mass is 9.87. The van der Waals surface area contributed by atoms with E-state index in [1.54, 1.807) is 6.92 Å². The number of aliphatic hydroxyl groups is 1. The molecule has 0 aromatic heterocycles. The number of hydrogen-bond donors (Lipinski definition) is 3. The molecule has 0 spiro atoms. The van der Waals surface area contributed by atoms with Crippen molar-refractivity contribution in [2.75, 3.05) is 0 Å². The highest BCUT2D eigenvalue weighted by Crippen LogP contribution is 2.26. The zero-order valence-corrected chi connectivity index (χ0v) is 13.6. The van der Waals surface area contributed by atoms with Crippen LogP contribution in [0.25, 0.3) is 0 Å². The summed E-state index contributed by atoms with van der Waals surface area (Å²) in [6.07, 6.45) is 9.65. The van der Waals surface area contributed by atoms with Crippen LogP contribution in [-0.4, -0.2) is 35.1 Å². The summed E-state index contributed by atoms with van der Waals surface area (Å²) >= 11 is 0. The van der Waals surface area contributed by atoms with Gasteiger partial charge in [0.25, 0.3) is 0 Å². The van der Waals surface area contributed by atoms with Crippen LogP contribution in [-0.2, 0) is 9.59 Å². The molecule has 126 valence electrons. The molecule has 3 unspecified atom stereocenters. The Morgan fingerprint density at radius 1 is 1.05 bits per heavy atom. The zero-order valence-electron chi connectivity index (χ0n) is 13.6. The van der Waals surface area contributed by atoms with Gasteiger partial charge in [0, 0.05) is 6.42 Å². The number of amides is 2. The summed E-state index contributed by atoms with van der Waals surface area (Å²) in [5.41, 5.74) is 0. The van der Waals surface area contributed by atoms with Crippen molar-refractivity contribution in [2.45, 2.75) is 89.3 Å². The molecule has 2 amide bonds. The summed E-state index contributed by atoms with van der Waals surface area (Å²) in [6.45, 7) is 1.71. The number of nitrogens with one attached hydrogen (secondary N) is 2. The van der Waals surface area contributed by atoms with Crippen LogP contribution in [0.5, 0.6) is 0 Å². The van der Waals surface area contributed by atoms with Crippen molar-refractivity contribution < 1.29 is 14.7 Å². The first-order valence-corrected chi connectivity index (χ1v) is 8.84. The van der Waals surface area contributed by atoms with Gasteiger partial charge in [-0.05, 0) is 38.5 Å². The minimum Gasteiger partial charge on any atom is -0.391 e. The van der Waals surface area contributed by atoms with E-state index in [0.717, 1.165) is 38.5 Å². The number of carbonyl (C=O) groups is 2. The van der Waals surface area contributed by atoms with E-state index in [2.05, 4.69) is 10.6 Å². The average Bonchev–Trinajstić information content (AvgIpc) is 2.50. The summed E-state index contributed by atoms with van der Waals surface area (Å²) < 4.78 is 0. The van der Waals surface area contributed by atoms with Crippen molar-refractivity contribution in [3.05, 3.63) is 0 Å². The Balaban J connectivity index is 1.71. The molecular weight excluding hydrogens is 280 g/mol. The molecule has 0 aromatic rings. The van der Waals surface area contributed by atoms with Gasteiger partial charge < -0.3 is 15.7 Å². The third-order valence-electron chi connectivity index (χ3n) is 5.03. The van der Waals surface area contributed by atoms with E-state index >= 15 is 0 Å². The van der Waals surface area contributed by atoms with Gasteiger partial charge in [0.1, 0.15) is 6.04 Å². The Bertz CT molecular complexity index is 380. The van der Waals surface area contributed by atoms with Gasteiger partial charge in [-0.25, -0.2) is 0 Å². The second-order valence-corrected chi connectivity index (χ2v) is 6.96. The Morgan fingerprint density at radius 3 is 2.36 bits per heavy atom. The first kappa shape index (κ1) is 17.3. The molecule has 2 saturated carbocycles. The van der Waals surface area contributed by atoms with E-state index in [0.29, 0.717) is 12.3 Å².